The molecule has 2 N–H and O–H groups in total. The van der Waals surface area contributed by atoms with Gasteiger partial charge in [0.15, 0.2) is 0 Å². The van der Waals surface area contributed by atoms with Gasteiger partial charge >= 0.3 is 0 Å². The van der Waals surface area contributed by atoms with Crippen molar-refractivity contribution in [2.24, 2.45) is 0 Å². The van der Waals surface area contributed by atoms with Crippen LogP contribution in [0, 0.1) is 13.8 Å². The molecule has 0 bridgehead atoms. The lowest BCUT2D eigenvalue weighted by molar-refractivity contribution is 0.352. The highest BCUT2D eigenvalue weighted by Gasteiger charge is 2.22. The van der Waals surface area contributed by atoms with E-state index in [2.05, 4.69) is 74.8 Å². The van der Waals surface area contributed by atoms with Crippen molar-refractivity contribution in [2.75, 3.05) is 23.7 Å². The third kappa shape index (κ3) is 8.32. The first-order chi connectivity index (χ1) is 21.8. The Hall–Kier alpha value is -2.38. The molecule has 4 aromatic heterocycles. The first kappa shape index (κ1) is 35.5. The number of halogens is 3. The Bertz CT molecular complexity index is 1710. The largest absolute Gasteiger partial charge is 0.354 e. The zero-order valence-corrected chi connectivity index (χ0v) is 31.3. The van der Waals surface area contributed by atoms with Gasteiger partial charge < -0.3 is 10.6 Å². The van der Waals surface area contributed by atoms with Crippen molar-refractivity contribution in [3.8, 4) is 0 Å². The minimum absolute atomic E-state index is 0.0138. The lowest BCUT2D eigenvalue weighted by Crippen LogP contribution is -2.28. The van der Waals surface area contributed by atoms with Gasteiger partial charge in [0, 0.05) is 70.3 Å². The van der Waals surface area contributed by atoms with Gasteiger partial charge in [0.25, 0.3) is 11.1 Å². The van der Waals surface area contributed by atoms with Crippen molar-refractivity contribution >= 4 is 78.1 Å². The van der Waals surface area contributed by atoms with Crippen molar-refractivity contribution < 1.29 is 0 Å². The van der Waals surface area contributed by atoms with Crippen LogP contribution in [0.4, 0.5) is 11.9 Å². The molecule has 2 aliphatic rings. The summed E-state index contributed by atoms with van der Waals surface area (Å²) >= 11 is 8.91. The number of anilines is 2. The fourth-order valence-electron chi connectivity index (χ4n) is 6.45. The maximum absolute atomic E-state index is 12.7. The average Bonchev–Trinajstić information content (AvgIpc) is 3.04. The second kappa shape index (κ2) is 17.0. The predicted octanol–water partition coefficient (Wildman–Crippen LogP) is 8.53. The molecular weight excluding hydrogens is 768 g/mol. The molecule has 4 heterocycles. The number of aromatic nitrogens is 6. The van der Waals surface area contributed by atoms with Gasteiger partial charge in [-0.05, 0) is 81.4 Å². The molecule has 0 unspecified atom stereocenters. The molecule has 0 aliphatic heterocycles. The normalized spacial score (nSPS) is 15.6. The van der Waals surface area contributed by atoms with E-state index in [1.165, 1.54) is 38.5 Å². The van der Waals surface area contributed by atoms with Gasteiger partial charge in [0.2, 0.25) is 11.9 Å². The van der Waals surface area contributed by atoms with Crippen LogP contribution in [0.2, 0.25) is 0 Å². The Morgan fingerprint density at radius 3 is 1.69 bits per heavy atom. The molecule has 0 amide bonds. The van der Waals surface area contributed by atoms with E-state index in [9.17, 15) is 9.59 Å². The number of rotatable bonds is 6. The Morgan fingerprint density at radius 2 is 1.18 bits per heavy atom. The monoisotopic (exact) mass is 808 g/mol. The van der Waals surface area contributed by atoms with Crippen LogP contribution < -0.4 is 21.8 Å². The third-order valence-corrected chi connectivity index (χ3v) is 9.13. The van der Waals surface area contributed by atoms with E-state index in [4.69, 9.17) is 0 Å². The van der Waals surface area contributed by atoms with Gasteiger partial charge in [0.05, 0.1) is 15.9 Å². The molecule has 4 aromatic rings. The molecule has 0 saturated heterocycles. The van der Waals surface area contributed by atoms with E-state index in [0.717, 1.165) is 72.2 Å². The number of nitrogens with one attached hydrogen (secondary N) is 2. The summed E-state index contributed by atoms with van der Waals surface area (Å²) in [7, 11) is 0. The van der Waals surface area contributed by atoms with Gasteiger partial charge in [-0.2, -0.15) is 9.97 Å². The number of fused-ring (bicyclic) bond motifs is 2. The van der Waals surface area contributed by atoms with Crippen LogP contribution in [-0.4, -0.2) is 42.2 Å². The Kier molecular flexibility index (Phi) is 13.4. The molecule has 2 saturated carbocycles. The molecule has 0 aromatic carbocycles. The van der Waals surface area contributed by atoms with Gasteiger partial charge in [-0.3, -0.25) is 18.7 Å². The summed E-state index contributed by atoms with van der Waals surface area (Å²) in [5.41, 5.74) is 3.41. The average molecular weight is 811 g/mol. The third-order valence-electron chi connectivity index (χ3n) is 8.56. The maximum atomic E-state index is 12.7. The van der Waals surface area contributed by atoms with Gasteiger partial charge in [0.1, 0.15) is 11.3 Å². The van der Waals surface area contributed by atoms with E-state index in [0.29, 0.717) is 16.4 Å². The lowest BCUT2D eigenvalue weighted by atomic mass is 9.95. The molecule has 2 aliphatic carbocycles. The molecule has 244 valence electrons. The van der Waals surface area contributed by atoms with Crippen LogP contribution in [0.15, 0.2) is 32.3 Å². The summed E-state index contributed by atoms with van der Waals surface area (Å²) in [5, 5.41) is 8.23. The Labute approximate surface area is 288 Å². The van der Waals surface area contributed by atoms with E-state index in [1.807, 2.05) is 49.0 Å². The number of nitrogens with zero attached hydrogens (tertiary/aromatic N) is 6. The molecule has 0 radical (unpaired) electrons. The van der Waals surface area contributed by atoms with E-state index >= 15 is 0 Å². The standard InChI is InChI=1S/C16H21BrN4O.C16H22N4O.Br2/c1-3-18-16-19-10(2)12-9-13(17)15(22)21(14(12)20-16)11-7-5-4-6-8-11;1-3-17-16-18-11(2)13-9-10-14(21)20(15(13)19-16)12-7-5-4-6-8-12;1-2/h9,11H,3-8H2,1-2H3,(H,18,19,20);9-10,12H,3-8H2,1-2H3,(H,17,18,19);. The molecule has 0 spiro atoms. The number of hydrogen-bond donors (Lipinski definition) is 2. The van der Waals surface area contributed by atoms with E-state index in [1.54, 1.807) is 6.07 Å². The molecule has 13 heteroatoms. The molecular formula is C32H43Br3N8O2. The fraction of sp³-hybridized carbons (Fsp3) is 0.562. The van der Waals surface area contributed by atoms with Crippen molar-refractivity contribution in [3.63, 3.8) is 0 Å². The van der Waals surface area contributed by atoms with Gasteiger partial charge in [-0.15, -0.1) is 0 Å². The summed E-state index contributed by atoms with van der Waals surface area (Å²) in [4.78, 5) is 43.3. The van der Waals surface area contributed by atoms with Crippen LogP contribution in [0.5, 0.6) is 0 Å². The summed E-state index contributed by atoms with van der Waals surface area (Å²) < 4.78 is 4.37. The van der Waals surface area contributed by atoms with Crippen LogP contribution in [0.3, 0.4) is 0 Å². The topological polar surface area (TPSA) is 120 Å². The summed E-state index contributed by atoms with van der Waals surface area (Å²) in [6.45, 7) is 9.49. The number of pyridine rings is 2. The molecule has 45 heavy (non-hydrogen) atoms. The molecule has 6 rings (SSSR count). The van der Waals surface area contributed by atoms with Crippen LogP contribution >= 0.6 is 44.2 Å². The van der Waals surface area contributed by atoms with Gasteiger partial charge in [-0.25, -0.2) is 9.97 Å². The van der Waals surface area contributed by atoms with Crippen molar-refractivity contribution in [1.29, 1.82) is 0 Å². The molecule has 10 nitrogen and oxygen atoms in total. The predicted molar refractivity (Wildman–Crippen MR) is 195 cm³/mol. The number of aryl methyl sites for hydroxylation is 2. The Morgan fingerprint density at radius 1 is 0.711 bits per heavy atom. The highest BCUT2D eigenvalue weighted by Crippen LogP contribution is 2.31. The smallest absolute Gasteiger partial charge is 0.266 e. The summed E-state index contributed by atoms with van der Waals surface area (Å²) in [5.74, 6) is 1.21. The quantitative estimate of drug-likeness (QED) is 0.199. The summed E-state index contributed by atoms with van der Waals surface area (Å²) in [6.07, 6.45) is 11.5. The highest BCUT2D eigenvalue weighted by molar-refractivity contribution is 9.93. The van der Waals surface area contributed by atoms with Crippen LogP contribution in [-0.2, 0) is 0 Å². The molecule has 0 atom stereocenters. The second-order valence-electron chi connectivity index (χ2n) is 11.6. The first-order valence-corrected chi connectivity index (χ1v) is 20.4. The van der Waals surface area contributed by atoms with Crippen molar-refractivity contribution in [2.45, 2.75) is 104 Å². The highest BCUT2D eigenvalue weighted by atomic mass is 80.9. The minimum atomic E-state index is 0.0138. The zero-order chi connectivity index (χ0) is 32.5. The van der Waals surface area contributed by atoms with Crippen molar-refractivity contribution in [3.05, 3.63) is 54.8 Å². The van der Waals surface area contributed by atoms with E-state index in [-0.39, 0.29) is 23.2 Å². The second-order valence-corrected chi connectivity index (χ2v) is 12.4. The Balaban J connectivity index is 0.000000194. The fourth-order valence-corrected chi connectivity index (χ4v) is 6.87. The SMILES string of the molecule is BrBr.CCNc1nc(C)c2cc(Br)c(=O)n(C3CCCCC3)c2n1.CCNc1nc(C)c2ccc(=O)n(C3CCCCC3)c2n1. The zero-order valence-electron chi connectivity index (χ0n) is 26.5. The molecule has 2 fully saturated rings. The van der Waals surface area contributed by atoms with Crippen molar-refractivity contribution in [1.82, 2.24) is 29.1 Å². The first-order valence-electron chi connectivity index (χ1n) is 15.9. The van der Waals surface area contributed by atoms with Crippen LogP contribution in [0.1, 0.15) is 102 Å². The lowest BCUT2D eigenvalue weighted by Gasteiger charge is -2.25. The summed E-state index contributed by atoms with van der Waals surface area (Å²) in [6, 6.07) is 5.87. The van der Waals surface area contributed by atoms with Gasteiger partial charge in [-0.1, -0.05) is 38.5 Å². The number of hydrogen-bond acceptors (Lipinski definition) is 8. The van der Waals surface area contributed by atoms with Crippen LogP contribution in [0.25, 0.3) is 22.1 Å². The maximum Gasteiger partial charge on any atom is 0.266 e. The van der Waals surface area contributed by atoms with E-state index < -0.39 is 0 Å². The minimum Gasteiger partial charge on any atom is -0.354 e.